The first-order chi connectivity index (χ1) is 8.73. The largest absolute Gasteiger partial charge is 0.478 e. The summed E-state index contributed by atoms with van der Waals surface area (Å²) in [5, 5.41) is 12.0. The van der Waals surface area contributed by atoms with E-state index in [0.717, 1.165) is 11.1 Å². The van der Waals surface area contributed by atoms with Crippen LogP contribution in [0.15, 0.2) is 12.1 Å². The highest BCUT2D eigenvalue weighted by Crippen LogP contribution is 2.24. The SMILES string of the molecule is Cc1cc(C)c(NC(=O)C(C)C(C)C)c(C(=O)O)c1. The first kappa shape index (κ1) is 15.2. The predicted octanol–water partition coefficient (Wildman–Crippen LogP) is 3.23. The van der Waals surface area contributed by atoms with E-state index >= 15 is 0 Å². The summed E-state index contributed by atoms with van der Waals surface area (Å²) in [5.41, 5.74) is 2.17. The molecule has 2 N–H and O–H groups in total. The highest BCUT2D eigenvalue weighted by Gasteiger charge is 2.20. The smallest absolute Gasteiger partial charge is 0.337 e. The normalized spacial score (nSPS) is 12.3. The van der Waals surface area contributed by atoms with Crippen molar-refractivity contribution in [2.24, 2.45) is 11.8 Å². The third-order valence-corrected chi connectivity index (χ3v) is 3.37. The molecule has 0 bridgehead atoms. The Labute approximate surface area is 113 Å². The number of carbonyl (C=O) groups excluding carboxylic acids is 1. The van der Waals surface area contributed by atoms with Gasteiger partial charge in [0.2, 0.25) is 5.91 Å². The summed E-state index contributed by atoms with van der Waals surface area (Å²) in [4.78, 5) is 23.3. The van der Waals surface area contributed by atoms with Gasteiger partial charge in [0.15, 0.2) is 0 Å². The lowest BCUT2D eigenvalue weighted by Crippen LogP contribution is -2.25. The van der Waals surface area contributed by atoms with Gasteiger partial charge in [0, 0.05) is 5.92 Å². The summed E-state index contributed by atoms with van der Waals surface area (Å²) < 4.78 is 0. The number of aryl methyl sites for hydroxylation is 2. The van der Waals surface area contributed by atoms with Crippen molar-refractivity contribution in [1.82, 2.24) is 0 Å². The van der Waals surface area contributed by atoms with E-state index in [9.17, 15) is 14.7 Å². The quantitative estimate of drug-likeness (QED) is 0.876. The lowest BCUT2D eigenvalue weighted by atomic mass is 9.96. The summed E-state index contributed by atoms with van der Waals surface area (Å²) in [5.74, 6) is -1.13. The van der Waals surface area contributed by atoms with E-state index in [4.69, 9.17) is 0 Å². The molecule has 0 aliphatic carbocycles. The van der Waals surface area contributed by atoms with Gasteiger partial charge in [0.25, 0.3) is 0 Å². The molecule has 0 fully saturated rings. The van der Waals surface area contributed by atoms with Gasteiger partial charge in [-0.1, -0.05) is 26.8 Å². The minimum absolute atomic E-state index is 0.141. The molecule has 1 aromatic carbocycles. The van der Waals surface area contributed by atoms with Crippen LogP contribution in [0.3, 0.4) is 0 Å². The molecule has 0 aliphatic heterocycles. The van der Waals surface area contributed by atoms with Crippen LogP contribution in [-0.4, -0.2) is 17.0 Å². The Bertz CT molecular complexity index is 506. The second-order valence-corrected chi connectivity index (χ2v) is 5.33. The number of nitrogens with one attached hydrogen (secondary N) is 1. The molecule has 0 saturated carbocycles. The predicted molar refractivity (Wildman–Crippen MR) is 75.5 cm³/mol. The van der Waals surface area contributed by atoms with Gasteiger partial charge < -0.3 is 10.4 Å². The average Bonchev–Trinajstić information content (AvgIpc) is 2.30. The molecule has 0 aliphatic rings. The first-order valence-electron chi connectivity index (χ1n) is 6.39. The molecular weight excluding hydrogens is 242 g/mol. The van der Waals surface area contributed by atoms with Crippen molar-refractivity contribution in [3.05, 3.63) is 28.8 Å². The minimum atomic E-state index is -1.03. The van der Waals surface area contributed by atoms with Crippen molar-refractivity contribution in [3.8, 4) is 0 Å². The summed E-state index contributed by atoms with van der Waals surface area (Å²) >= 11 is 0. The summed E-state index contributed by atoms with van der Waals surface area (Å²) in [6.45, 7) is 9.40. The van der Waals surface area contributed by atoms with Crippen molar-refractivity contribution < 1.29 is 14.7 Å². The molecule has 19 heavy (non-hydrogen) atoms. The van der Waals surface area contributed by atoms with Crippen molar-refractivity contribution in [2.75, 3.05) is 5.32 Å². The Morgan fingerprint density at radius 3 is 2.21 bits per heavy atom. The van der Waals surface area contributed by atoms with Crippen molar-refractivity contribution in [2.45, 2.75) is 34.6 Å². The lowest BCUT2D eigenvalue weighted by molar-refractivity contribution is -0.120. The monoisotopic (exact) mass is 263 g/mol. The van der Waals surface area contributed by atoms with Crippen LogP contribution >= 0.6 is 0 Å². The lowest BCUT2D eigenvalue weighted by Gasteiger charge is -2.18. The number of aromatic carboxylic acids is 1. The first-order valence-corrected chi connectivity index (χ1v) is 6.39. The molecule has 0 saturated heterocycles. The Balaban J connectivity index is 3.14. The Kier molecular flexibility index (Phi) is 4.70. The molecule has 0 heterocycles. The zero-order valence-corrected chi connectivity index (χ0v) is 12.1. The Morgan fingerprint density at radius 1 is 1.16 bits per heavy atom. The van der Waals surface area contributed by atoms with Crippen LogP contribution in [0.5, 0.6) is 0 Å². The number of rotatable bonds is 4. The number of benzene rings is 1. The van der Waals surface area contributed by atoms with Gasteiger partial charge in [0.05, 0.1) is 11.3 Å². The van der Waals surface area contributed by atoms with Gasteiger partial charge in [-0.25, -0.2) is 4.79 Å². The zero-order chi connectivity index (χ0) is 14.7. The number of hydrogen-bond donors (Lipinski definition) is 2. The zero-order valence-electron chi connectivity index (χ0n) is 12.1. The fourth-order valence-electron chi connectivity index (χ4n) is 1.84. The van der Waals surface area contributed by atoms with Gasteiger partial charge >= 0.3 is 5.97 Å². The minimum Gasteiger partial charge on any atom is -0.478 e. The van der Waals surface area contributed by atoms with Crippen LogP contribution in [0.2, 0.25) is 0 Å². The van der Waals surface area contributed by atoms with Gasteiger partial charge in [-0.05, 0) is 37.0 Å². The molecule has 0 radical (unpaired) electrons. The third-order valence-electron chi connectivity index (χ3n) is 3.37. The number of carboxylic acid groups (broad SMARTS) is 1. The molecule has 0 aromatic heterocycles. The number of carbonyl (C=O) groups is 2. The summed E-state index contributed by atoms with van der Waals surface area (Å²) in [7, 11) is 0. The van der Waals surface area contributed by atoms with Crippen LogP contribution in [0.4, 0.5) is 5.69 Å². The molecule has 0 spiro atoms. The highest BCUT2D eigenvalue weighted by atomic mass is 16.4. The van der Waals surface area contributed by atoms with Gasteiger partial charge in [-0.3, -0.25) is 4.79 Å². The number of carboxylic acids is 1. The second kappa shape index (κ2) is 5.87. The van der Waals surface area contributed by atoms with E-state index in [2.05, 4.69) is 5.32 Å². The standard InChI is InChI=1S/C15H21NO3/c1-8(2)11(5)14(17)16-13-10(4)6-9(3)7-12(13)15(18)19/h6-8,11H,1-5H3,(H,16,17)(H,18,19). The number of amides is 1. The molecule has 4 heteroatoms. The maximum absolute atomic E-state index is 12.1. The van der Waals surface area contributed by atoms with Crippen molar-refractivity contribution in [1.29, 1.82) is 0 Å². The van der Waals surface area contributed by atoms with Crippen LogP contribution in [0, 0.1) is 25.7 Å². The maximum atomic E-state index is 12.1. The summed E-state index contributed by atoms with van der Waals surface area (Å²) in [6, 6.07) is 3.44. The average molecular weight is 263 g/mol. The van der Waals surface area contributed by atoms with Crippen molar-refractivity contribution in [3.63, 3.8) is 0 Å². The third kappa shape index (κ3) is 3.56. The highest BCUT2D eigenvalue weighted by molar-refractivity contribution is 6.02. The maximum Gasteiger partial charge on any atom is 0.337 e. The fourth-order valence-corrected chi connectivity index (χ4v) is 1.84. The molecular formula is C15H21NO3. The van der Waals surface area contributed by atoms with E-state index < -0.39 is 5.97 Å². The summed E-state index contributed by atoms with van der Waals surface area (Å²) in [6.07, 6.45) is 0. The van der Waals surface area contributed by atoms with Crippen LogP contribution in [0.25, 0.3) is 0 Å². The van der Waals surface area contributed by atoms with Crippen LogP contribution < -0.4 is 5.32 Å². The fraction of sp³-hybridized carbons (Fsp3) is 0.467. The van der Waals surface area contributed by atoms with Gasteiger partial charge in [-0.15, -0.1) is 0 Å². The molecule has 1 amide bonds. The van der Waals surface area contributed by atoms with E-state index in [1.807, 2.05) is 33.8 Å². The topological polar surface area (TPSA) is 66.4 Å². The van der Waals surface area contributed by atoms with Crippen LogP contribution in [0.1, 0.15) is 42.3 Å². The Hall–Kier alpha value is -1.84. The van der Waals surface area contributed by atoms with Crippen molar-refractivity contribution >= 4 is 17.6 Å². The van der Waals surface area contributed by atoms with E-state index in [0.29, 0.717) is 5.69 Å². The Morgan fingerprint density at radius 2 is 1.74 bits per heavy atom. The molecule has 1 rings (SSSR count). The molecule has 1 aromatic rings. The molecule has 4 nitrogen and oxygen atoms in total. The molecule has 104 valence electrons. The van der Waals surface area contributed by atoms with Gasteiger partial charge in [0.1, 0.15) is 0 Å². The number of anilines is 1. The van der Waals surface area contributed by atoms with Crippen LogP contribution in [-0.2, 0) is 4.79 Å². The van der Waals surface area contributed by atoms with E-state index in [1.165, 1.54) is 0 Å². The molecule has 1 atom stereocenters. The second-order valence-electron chi connectivity index (χ2n) is 5.33. The molecule has 1 unspecified atom stereocenters. The van der Waals surface area contributed by atoms with Gasteiger partial charge in [-0.2, -0.15) is 0 Å². The van der Waals surface area contributed by atoms with E-state index in [1.54, 1.807) is 13.0 Å². The van der Waals surface area contributed by atoms with E-state index in [-0.39, 0.29) is 23.3 Å². The number of hydrogen-bond acceptors (Lipinski definition) is 2.